The molecule has 0 atom stereocenters. The van der Waals surface area contributed by atoms with Crippen LogP contribution in [0.2, 0.25) is 0 Å². The number of benzene rings is 1. The maximum absolute atomic E-state index is 11.5. The van der Waals surface area contributed by atoms with Crippen LogP contribution in [0.5, 0.6) is 11.5 Å². The van der Waals surface area contributed by atoms with Crippen LogP contribution in [0.4, 0.5) is 5.82 Å². The Morgan fingerprint density at radius 1 is 1.17 bits per heavy atom. The highest BCUT2D eigenvalue weighted by molar-refractivity contribution is 5.93. The zero-order valence-electron chi connectivity index (χ0n) is 13.7. The molecule has 1 aliphatic rings. The first-order chi connectivity index (χ1) is 11.6. The molecule has 1 aromatic heterocycles. The van der Waals surface area contributed by atoms with E-state index in [2.05, 4.69) is 9.97 Å². The van der Waals surface area contributed by atoms with Gasteiger partial charge in [0.2, 0.25) is 0 Å². The quantitative estimate of drug-likeness (QED) is 0.902. The Bertz CT molecular complexity index is 757. The van der Waals surface area contributed by atoms with E-state index in [-0.39, 0.29) is 5.56 Å². The van der Waals surface area contributed by atoms with Gasteiger partial charge in [-0.1, -0.05) is 0 Å². The van der Waals surface area contributed by atoms with Gasteiger partial charge in [-0.15, -0.1) is 0 Å². The summed E-state index contributed by atoms with van der Waals surface area (Å²) in [5.74, 6) is 1.10. The molecule has 0 unspecified atom stereocenters. The van der Waals surface area contributed by atoms with Crippen LogP contribution in [0.15, 0.2) is 24.4 Å². The fourth-order valence-corrected chi connectivity index (χ4v) is 2.81. The number of hydrogen-bond donors (Lipinski definition) is 1. The van der Waals surface area contributed by atoms with Gasteiger partial charge in [0.05, 0.1) is 14.2 Å². The molecule has 2 aromatic rings. The molecule has 0 spiro atoms. The highest BCUT2D eigenvalue weighted by atomic mass is 16.5. The molecule has 2 heterocycles. The second-order valence-electron chi connectivity index (χ2n) is 5.50. The lowest BCUT2D eigenvalue weighted by atomic mass is 10.1. The van der Waals surface area contributed by atoms with Gasteiger partial charge in [0, 0.05) is 24.8 Å². The Labute approximate surface area is 139 Å². The van der Waals surface area contributed by atoms with Crippen molar-refractivity contribution in [2.75, 3.05) is 32.2 Å². The van der Waals surface area contributed by atoms with Crippen LogP contribution < -0.4 is 14.4 Å². The molecule has 7 nitrogen and oxygen atoms in total. The predicted octanol–water partition coefficient (Wildman–Crippen LogP) is 2.46. The van der Waals surface area contributed by atoms with Crippen LogP contribution in [-0.2, 0) is 0 Å². The Kier molecular flexibility index (Phi) is 4.50. The lowest BCUT2D eigenvalue weighted by molar-refractivity contribution is 0.0696. The molecule has 1 fully saturated rings. The maximum atomic E-state index is 11.5. The fraction of sp³-hybridized carbons (Fsp3) is 0.353. The minimum Gasteiger partial charge on any atom is -0.493 e. The second kappa shape index (κ2) is 6.74. The van der Waals surface area contributed by atoms with E-state index in [4.69, 9.17) is 9.47 Å². The van der Waals surface area contributed by atoms with Crippen LogP contribution in [0.1, 0.15) is 23.2 Å². The summed E-state index contributed by atoms with van der Waals surface area (Å²) in [6.07, 6.45) is 3.44. The third kappa shape index (κ3) is 2.97. The van der Waals surface area contributed by atoms with Crippen molar-refractivity contribution in [1.82, 2.24) is 9.97 Å². The Hall–Kier alpha value is -2.83. The van der Waals surface area contributed by atoms with Gasteiger partial charge in [-0.3, -0.25) is 0 Å². The number of rotatable bonds is 5. The number of aromatic carboxylic acids is 1. The Balaban J connectivity index is 2.05. The van der Waals surface area contributed by atoms with E-state index >= 15 is 0 Å². The largest absolute Gasteiger partial charge is 0.493 e. The predicted molar refractivity (Wildman–Crippen MR) is 89.0 cm³/mol. The normalized spacial score (nSPS) is 13.8. The smallest absolute Gasteiger partial charge is 0.341 e. The van der Waals surface area contributed by atoms with Gasteiger partial charge in [0.1, 0.15) is 11.4 Å². The van der Waals surface area contributed by atoms with Crippen LogP contribution in [0, 0.1) is 0 Å². The van der Waals surface area contributed by atoms with Gasteiger partial charge < -0.3 is 19.5 Å². The van der Waals surface area contributed by atoms with Gasteiger partial charge >= 0.3 is 5.97 Å². The van der Waals surface area contributed by atoms with E-state index in [0.717, 1.165) is 31.5 Å². The highest BCUT2D eigenvalue weighted by Gasteiger charge is 2.22. The SMILES string of the molecule is COc1ccc(-c2ncc(C(=O)O)c(N3CCCC3)n2)cc1OC. The third-order valence-electron chi connectivity index (χ3n) is 4.05. The first-order valence-corrected chi connectivity index (χ1v) is 7.71. The third-order valence-corrected chi connectivity index (χ3v) is 4.05. The molecule has 0 aliphatic carbocycles. The molecule has 1 aromatic carbocycles. The summed E-state index contributed by atoms with van der Waals surface area (Å²) in [4.78, 5) is 22.2. The fourth-order valence-electron chi connectivity index (χ4n) is 2.81. The first kappa shape index (κ1) is 16.0. The van der Waals surface area contributed by atoms with Crippen molar-refractivity contribution in [1.29, 1.82) is 0 Å². The summed E-state index contributed by atoms with van der Waals surface area (Å²) in [6.45, 7) is 1.62. The van der Waals surface area contributed by atoms with Crippen molar-refractivity contribution in [3.05, 3.63) is 30.0 Å². The zero-order chi connectivity index (χ0) is 17.1. The van der Waals surface area contributed by atoms with Crippen molar-refractivity contribution >= 4 is 11.8 Å². The average Bonchev–Trinajstić information content (AvgIpc) is 3.15. The minimum atomic E-state index is -1.02. The van der Waals surface area contributed by atoms with Crippen LogP contribution >= 0.6 is 0 Å². The number of anilines is 1. The van der Waals surface area contributed by atoms with Gasteiger partial charge in [0.25, 0.3) is 0 Å². The van der Waals surface area contributed by atoms with E-state index in [1.54, 1.807) is 26.4 Å². The van der Waals surface area contributed by atoms with Gasteiger partial charge in [-0.2, -0.15) is 0 Å². The number of nitrogens with zero attached hydrogens (tertiary/aromatic N) is 3. The maximum Gasteiger partial charge on any atom is 0.341 e. The number of carboxylic acid groups (broad SMARTS) is 1. The van der Waals surface area contributed by atoms with E-state index in [1.165, 1.54) is 6.20 Å². The minimum absolute atomic E-state index is 0.126. The van der Waals surface area contributed by atoms with Crippen molar-refractivity contribution < 1.29 is 19.4 Å². The molecule has 3 rings (SSSR count). The highest BCUT2D eigenvalue weighted by Crippen LogP contribution is 2.32. The standard InChI is InChI=1S/C17H19N3O4/c1-23-13-6-5-11(9-14(13)24-2)15-18-10-12(17(21)22)16(19-15)20-7-3-4-8-20/h5-6,9-10H,3-4,7-8H2,1-2H3,(H,21,22). The van der Waals surface area contributed by atoms with Crippen molar-refractivity contribution in [3.63, 3.8) is 0 Å². The lowest BCUT2D eigenvalue weighted by Gasteiger charge is -2.19. The zero-order valence-corrected chi connectivity index (χ0v) is 13.7. The molecule has 0 radical (unpaired) electrons. The average molecular weight is 329 g/mol. The lowest BCUT2D eigenvalue weighted by Crippen LogP contribution is -2.22. The molecule has 126 valence electrons. The van der Waals surface area contributed by atoms with Crippen LogP contribution in [-0.4, -0.2) is 48.4 Å². The Morgan fingerprint density at radius 3 is 2.50 bits per heavy atom. The van der Waals surface area contributed by atoms with E-state index in [9.17, 15) is 9.90 Å². The van der Waals surface area contributed by atoms with Crippen LogP contribution in [0.25, 0.3) is 11.4 Å². The summed E-state index contributed by atoms with van der Waals surface area (Å²) in [5.41, 5.74) is 0.867. The molecular formula is C17H19N3O4. The topological polar surface area (TPSA) is 84.8 Å². The van der Waals surface area contributed by atoms with E-state index < -0.39 is 5.97 Å². The molecule has 1 aliphatic heterocycles. The summed E-state index contributed by atoms with van der Waals surface area (Å²) in [5, 5.41) is 9.39. The second-order valence-corrected chi connectivity index (χ2v) is 5.50. The number of carbonyl (C=O) groups is 1. The number of methoxy groups -OCH3 is 2. The van der Waals surface area contributed by atoms with E-state index in [0.29, 0.717) is 23.1 Å². The summed E-state index contributed by atoms with van der Waals surface area (Å²) < 4.78 is 10.5. The van der Waals surface area contributed by atoms with Crippen molar-refractivity contribution in [2.24, 2.45) is 0 Å². The molecule has 1 N–H and O–H groups in total. The first-order valence-electron chi connectivity index (χ1n) is 7.71. The number of carboxylic acids is 1. The van der Waals surface area contributed by atoms with E-state index in [1.807, 2.05) is 11.0 Å². The van der Waals surface area contributed by atoms with Gasteiger partial charge in [0.15, 0.2) is 17.3 Å². The molecule has 0 saturated carbocycles. The molecule has 24 heavy (non-hydrogen) atoms. The molecule has 7 heteroatoms. The van der Waals surface area contributed by atoms with Crippen molar-refractivity contribution in [3.8, 4) is 22.9 Å². The number of hydrogen-bond acceptors (Lipinski definition) is 6. The Morgan fingerprint density at radius 2 is 1.88 bits per heavy atom. The van der Waals surface area contributed by atoms with Crippen molar-refractivity contribution in [2.45, 2.75) is 12.8 Å². The van der Waals surface area contributed by atoms with Gasteiger partial charge in [-0.25, -0.2) is 14.8 Å². The molecule has 0 amide bonds. The van der Waals surface area contributed by atoms with Crippen LogP contribution in [0.3, 0.4) is 0 Å². The summed E-state index contributed by atoms with van der Waals surface area (Å²) >= 11 is 0. The van der Waals surface area contributed by atoms with Gasteiger partial charge in [-0.05, 0) is 31.0 Å². The molecular weight excluding hydrogens is 310 g/mol. The number of aromatic nitrogens is 2. The molecule has 0 bridgehead atoms. The molecule has 1 saturated heterocycles. The number of ether oxygens (including phenoxy) is 2. The monoisotopic (exact) mass is 329 g/mol. The summed E-state index contributed by atoms with van der Waals surface area (Å²) in [6, 6.07) is 5.38. The summed E-state index contributed by atoms with van der Waals surface area (Å²) in [7, 11) is 3.13.